The second-order valence-electron chi connectivity index (χ2n) is 7.48. The van der Waals surface area contributed by atoms with Crippen molar-refractivity contribution in [2.75, 3.05) is 6.61 Å². The van der Waals surface area contributed by atoms with Crippen LogP contribution >= 0.6 is 0 Å². The van der Waals surface area contributed by atoms with Gasteiger partial charge in [0.1, 0.15) is 6.10 Å². The summed E-state index contributed by atoms with van der Waals surface area (Å²) in [5.41, 5.74) is 0. The third-order valence-corrected chi connectivity index (χ3v) is 9.36. The number of hydrogen-bond acceptors (Lipinski definition) is 4. The molecule has 0 aromatic carbocycles. The Morgan fingerprint density at radius 1 is 1.30 bits per heavy atom. The highest BCUT2D eigenvalue weighted by atomic mass is 28.4. The first-order valence-electron chi connectivity index (χ1n) is 7.50. The maximum absolute atomic E-state index is 12.0. The van der Waals surface area contributed by atoms with E-state index in [2.05, 4.69) is 40.8 Å². The molecule has 1 heterocycles. The number of carbonyl (C=O) groups excluding carboxylic acids is 1. The average Bonchev–Trinajstić information content (AvgIpc) is 2.30. The minimum Gasteiger partial charge on any atom is -0.462 e. The molecular formula is C15H30O4Si. The molecule has 0 aromatic rings. The minimum atomic E-state index is -1.93. The molecule has 0 bridgehead atoms. The maximum Gasteiger partial charge on any atom is 0.311 e. The van der Waals surface area contributed by atoms with E-state index in [1.807, 2.05) is 6.92 Å². The lowest BCUT2D eigenvalue weighted by molar-refractivity contribution is -0.177. The van der Waals surface area contributed by atoms with E-state index in [0.29, 0.717) is 6.42 Å². The predicted octanol–water partition coefficient (Wildman–Crippen LogP) is 2.96. The molecule has 20 heavy (non-hydrogen) atoms. The van der Waals surface area contributed by atoms with Crippen molar-refractivity contribution in [1.29, 1.82) is 0 Å². The summed E-state index contributed by atoms with van der Waals surface area (Å²) in [7, 11) is -1.93. The number of aliphatic hydroxyl groups is 1. The summed E-state index contributed by atoms with van der Waals surface area (Å²) in [5, 5.41) is 9.22. The second-order valence-corrected chi connectivity index (χ2v) is 12.2. The van der Waals surface area contributed by atoms with Crippen LogP contribution < -0.4 is 0 Å². The Morgan fingerprint density at radius 2 is 1.85 bits per heavy atom. The van der Waals surface area contributed by atoms with Crippen LogP contribution in [0.3, 0.4) is 0 Å². The number of cyclic esters (lactones) is 1. The Kier molecular flexibility index (Phi) is 5.44. The van der Waals surface area contributed by atoms with E-state index in [1.165, 1.54) is 0 Å². The quantitative estimate of drug-likeness (QED) is 0.641. The molecule has 1 unspecified atom stereocenters. The predicted molar refractivity (Wildman–Crippen MR) is 82.0 cm³/mol. The van der Waals surface area contributed by atoms with Gasteiger partial charge in [-0.3, -0.25) is 4.79 Å². The van der Waals surface area contributed by atoms with Crippen LogP contribution in [0.5, 0.6) is 0 Å². The monoisotopic (exact) mass is 302 g/mol. The molecule has 1 N–H and O–H groups in total. The number of ether oxygens (including phenoxy) is 1. The summed E-state index contributed by atoms with van der Waals surface area (Å²) >= 11 is 0. The van der Waals surface area contributed by atoms with E-state index in [1.54, 1.807) is 0 Å². The molecule has 1 saturated heterocycles. The van der Waals surface area contributed by atoms with Crippen LogP contribution in [0.15, 0.2) is 0 Å². The second kappa shape index (κ2) is 6.16. The molecule has 4 atom stereocenters. The van der Waals surface area contributed by atoms with Gasteiger partial charge in [0.25, 0.3) is 0 Å². The molecule has 1 fully saturated rings. The summed E-state index contributed by atoms with van der Waals surface area (Å²) in [4.78, 5) is 12.0. The van der Waals surface area contributed by atoms with Gasteiger partial charge in [-0.25, -0.2) is 0 Å². The Bertz CT molecular complexity index is 348. The fourth-order valence-electron chi connectivity index (χ4n) is 2.34. The first-order valence-corrected chi connectivity index (χ1v) is 10.4. The van der Waals surface area contributed by atoms with Gasteiger partial charge in [0.2, 0.25) is 0 Å². The molecule has 0 saturated carbocycles. The summed E-state index contributed by atoms with van der Waals surface area (Å²) in [5.74, 6) is -0.330. The van der Waals surface area contributed by atoms with Gasteiger partial charge in [-0.2, -0.15) is 0 Å². The summed E-state index contributed by atoms with van der Waals surface area (Å²) < 4.78 is 11.9. The third kappa shape index (κ3) is 3.62. The van der Waals surface area contributed by atoms with Crippen molar-refractivity contribution in [3.63, 3.8) is 0 Å². The van der Waals surface area contributed by atoms with Gasteiger partial charge in [0, 0.05) is 18.9 Å². The van der Waals surface area contributed by atoms with Gasteiger partial charge in [-0.05, 0) is 25.1 Å². The van der Waals surface area contributed by atoms with E-state index < -0.39 is 8.32 Å². The molecule has 118 valence electrons. The molecule has 4 nitrogen and oxygen atoms in total. The van der Waals surface area contributed by atoms with Crippen molar-refractivity contribution in [3.05, 3.63) is 0 Å². The third-order valence-electron chi connectivity index (χ3n) is 4.89. The highest BCUT2D eigenvalue weighted by Crippen LogP contribution is 2.41. The van der Waals surface area contributed by atoms with E-state index in [4.69, 9.17) is 14.3 Å². The van der Waals surface area contributed by atoms with Crippen LogP contribution in [0.4, 0.5) is 0 Å². The molecule has 0 amide bonds. The fraction of sp³-hybridized carbons (Fsp3) is 0.933. The van der Waals surface area contributed by atoms with Crippen LogP contribution in [0.2, 0.25) is 18.1 Å². The molecule has 0 radical (unpaired) electrons. The largest absolute Gasteiger partial charge is 0.462 e. The summed E-state index contributed by atoms with van der Waals surface area (Å²) in [6, 6.07) is 0. The lowest BCUT2D eigenvalue weighted by Gasteiger charge is -2.46. The van der Waals surface area contributed by atoms with Crippen molar-refractivity contribution in [2.24, 2.45) is 11.8 Å². The first-order chi connectivity index (χ1) is 9.01. The highest BCUT2D eigenvalue weighted by molar-refractivity contribution is 6.74. The van der Waals surface area contributed by atoms with Crippen molar-refractivity contribution >= 4 is 14.3 Å². The molecule has 1 rings (SSSR count). The Morgan fingerprint density at radius 3 is 2.30 bits per heavy atom. The fourth-order valence-corrected chi connectivity index (χ4v) is 3.79. The average molecular weight is 302 g/mol. The van der Waals surface area contributed by atoms with Crippen molar-refractivity contribution in [3.8, 4) is 0 Å². The number of rotatable bonds is 4. The highest BCUT2D eigenvalue weighted by Gasteiger charge is 2.47. The lowest BCUT2D eigenvalue weighted by Crippen LogP contribution is -2.54. The normalized spacial score (nSPS) is 32.1. The Hall–Kier alpha value is -0.393. The smallest absolute Gasteiger partial charge is 0.311 e. The van der Waals surface area contributed by atoms with E-state index in [0.717, 1.165) is 0 Å². The SMILES string of the molecule is C[C@H]1C(=O)O[C@H](CCO)[C@@H](C)C1O[Si](C)(C)C(C)(C)C. The van der Waals surface area contributed by atoms with Crippen LogP contribution in [0, 0.1) is 11.8 Å². The van der Waals surface area contributed by atoms with Crippen molar-refractivity contribution in [1.82, 2.24) is 0 Å². The Labute approximate surface area is 124 Å². The summed E-state index contributed by atoms with van der Waals surface area (Å²) in [6.45, 7) is 15.0. The Balaban J connectivity index is 2.92. The summed E-state index contributed by atoms with van der Waals surface area (Å²) in [6.07, 6.45) is 0.129. The first kappa shape index (κ1) is 17.7. The van der Waals surface area contributed by atoms with Gasteiger partial charge < -0.3 is 14.3 Å². The van der Waals surface area contributed by atoms with Gasteiger partial charge in [0.15, 0.2) is 8.32 Å². The van der Waals surface area contributed by atoms with Crippen LogP contribution in [0.25, 0.3) is 0 Å². The number of carbonyl (C=O) groups is 1. The molecule has 1 aliphatic rings. The topological polar surface area (TPSA) is 55.8 Å². The van der Waals surface area contributed by atoms with Gasteiger partial charge in [-0.1, -0.05) is 27.7 Å². The lowest BCUT2D eigenvalue weighted by atomic mass is 9.85. The standard InChI is InChI=1S/C15H30O4Si/c1-10-12(8-9-16)18-14(17)11(2)13(10)19-20(6,7)15(3,4)5/h10-13,16H,8-9H2,1-7H3/t10-,11-,12-,13?/m1/s1. The van der Waals surface area contributed by atoms with Gasteiger partial charge >= 0.3 is 5.97 Å². The zero-order valence-electron chi connectivity index (χ0n) is 13.9. The molecule has 0 spiro atoms. The van der Waals surface area contributed by atoms with Crippen LogP contribution in [0.1, 0.15) is 41.0 Å². The minimum absolute atomic E-state index is 0.0312. The molecule has 0 aromatic heterocycles. The molecule has 5 heteroatoms. The van der Waals surface area contributed by atoms with E-state index in [-0.39, 0.29) is 41.7 Å². The molecule has 1 aliphatic heterocycles. The number of hydrogen-bond donors (Lipinski definition) is 1. The van der Waals surface area contributed by atoms with E-state index in [9.17, 15) is 4.79 Å². The zero-order chi connectivity index (χ0) is 15.7. The van der Waals surface area contributed by atoms with E-state index >= 15 is 0 Å². The van der Waals surface area contributed by atoms with Crippen LogP contribution in [-0.4, -0.2) is 38.2 Å². The molecular weight excluding hydrogens is 272 g/mol. The van der Waals surface area contributed by atoms with Crippen molar-refractivity contribution in [2.45, 2.75) is 71.4 Å². The van der Waals surface area contributed by atoms with Crippen LogP contribution in [-0.2, 0) is 14.0 Å². The van der Waals surface area contributed by atoms with Gasteiger partial charge in [0.05, 0.1) is 12.0 Å². The van der Waals surface area contributed by atoms with Crippen molar-refractivity contribution < 1.29 is 19.1 Å². The number of aliphatic hydroxyl groups excluding tert-OH is 1. The maximum atomic E-state index is 12.0. The zero-order valence-corrected chi connectivity index (χ0v) is 14.9. The van der Waals surface area contributed by atoms with Gasteiger partial charge in [-0.15, -0.1) is 0 Å². The number of esters is 1. The molecule has 0 aliphatic carbocycles.